The summed E-state index contributed by atoms with van der Waals surface area (Å²) in [6, 6.07) is 3.77. The van der Waals surface area contributed by atoms with E-state index in [1.165, 1.54) is 29.5 Å². The molecule has 0 aromatic carbocycles. The molecule has 2 aromatic rings. The number of hydrogen-bond acceptors (Lipinski definition) is 7. The highest BCUT2D eigenvalue weighted by Gasteiger charge is 2.21. The summed E-state index contributed by atoms with van der Waals surface area (Å²) >= 11 is 2.94. The molecule has 0 unspecified atom stereocenters. The van der Waals surface area contributed by atoms with Crippen LogP contribution in [0.3, 0.4) is 0 Å². The van der Waals surface area contributed by atoms with Gasteiger partial charge >= 0.3 is 0 Å². The third kappa shape index (κ3) is 5.35. The van der Waals surface area contributed by atoms with E-state index in [0.717, 1.165) is 53.2 Å². The minimum Gasteiger partial charge on any atom is -0.467 e. The predicted octanol–water partition coefficient (Wildman–Crippen LogP) is 4.53. The Morgan fingerprint density at radius 3 is 3.08 bits per heavy atom. The van der Waals surface area contributed by atoms with E-state index < -0.39 is 0 Å². The molecule has 0 saturated carbocycles. The number of anilines is 1. The Bertz CT molecular complexity index is 727. The summed E-state index contributed by atoms with van der Waals surface area (Å²) in [6.07, 6.45) is 9.18. The van der Waals surface area contributed by atoms with Crippen LogP contribution in [-0.2, 0) is 11.3 Å². The van der Waals surface area contributed by atoms with Crippen molar-refractivity contribution in [2.75, 3.05) is 17.6 Å². The molecular formula is C18H24N4O2S2. The number of rotatable bonds is 9. The minimum absolute atomic E-state index is 0.0813. The molecule has 0 spiro atoms. The highest BCUT2D eigenvalue weighted by Crippen LogP contribution is 2.28. The van der Waals surface area contributed by atoms with Crippen LogP contribution in [-0.4, -0.2) is 33.3 Å². The maximum atomic E-state index is 12.9. The van der Waals surface area contributed by atoms with Crippen LogP contribution in [0.2, 0.25) is 0 Å². The van der Waals surface area contributed by atoms with Crippen molar-refractivity contribution in [3.63, 3.8) is 0 Å². The highest BCUT2D eigenvalue weighted by atomic mass is 32.2. The number of thioether (sulfide) groups is 1. The molecule has 140 valence electrons. The minimum atomic E-state index is 0.0813. The average molecular weight is 393 g/mol. The van der Waals surface area contributed by atoms with E-state index >= 15 is 0 Å². The van der Waals surface area contributed by atoms with Crippen molar-refractivity contribution in [1.82, 2.24) is 15.1 Å². The van der Waals surface area contributed by atoms with Crippen LogP contribution in [0.1, 0.15) is 44.8 Å². The second-order valence-corrected chi connectivity index (χ2v) is 8.29. The van der Waals surface area contributed by atoms with E-state index in [4.69, 9.17) is 4.42 Å². The first-order chi connectivity index (χ1) is 12.8. The number of furan rings is 1. The van der Waals surface area contributed by atoms with Gasteiger partial charge in [0.15, 0.2) is 4.34 Å². The van der Waals surface area contributed by atoms with Gasteiger partial charge in [-0.3, -0.25) is 4.79 Å². The van der Waals surface area contributed by atoms with Crippen LogP contribution >= 0.6 is 23.1 Å². The quantitative estimate of drug-likeness (QED) is 0.632. The van der Waals surface area contributed by atoms with Crippen molar-refractivity contribution in [2.45, 2.75) is 49.9 Å². The van der Waals surface area contributed by atoms with Gasteiger partial charge in [-0.05, 0) is 44.2 Å². The SMILES string of the molecule is CCCNc1nnc(SCC(=O)N(Cc2ccco2)C2=CCCCC2)s1. The van der Waals surface area contributed by atoms with Gasteiger partial charge in [-0.1, -0.05) is 36.1 Å². The molecule has 0 atom stereocenters. The molecule has 1 amide bonds. The zero-order valence-corrected chi connectivity index (χ0v) is 16.6. The molecule has 2 heterocycles. The molecule has 0 fully saturated rings. The summed E-state index contributed by atoms with van der Waals surface area (Å²) in [5, 5.41) is 12.3. The third-order valence-electron chi connectivity index (χ3n) is 4.06. The Morgan fingerprint density at radius 1 is 1.42 bits per heavy atom. The highest BCUT2D eigenvalue weighted by molar-refractivity contribution is 8.01. The van der Waals surface area contributed by atoms with E-state index in [9.17, 15) is 4.79 Å². The van der Waals surface area contributed by atoms with Crippen LogP contribution in [0.5, 0.6) is 0 Å². The van der Waals surface area contributed by atoms with Crippen molar-refractivity contribution in [2.24, 2.45) is 0 Å². The van der Waals surface area contributed by atoms with Gasteiger partial charge in [0.25, 0.3) is 0 Å². The van der Waals surface area contributed by atoms with Crippen molar-refractivity contribution >= 4 is 34.1 Å². The second kappa shape index (κ2) is 9.78. The largest absolute Gasteiger partial charge is 0.467 e. The Hall–Kier alpha value is -1.80. The number of carbonyl (C=O) groups excluding carboxylic acids is 1. The molecule has 8 heteroatoms. The standard InChI is InChI=1S/C18H24N4O2S2/c1-2-10-19-17-20-21-18(26-17)25-13-16(23)22(12-15-9-6-11-24-15)14-7-4-3-5-8-14/h6-7,9,11H,2-5,8,10,12-13H2,1H3,(H,19,20). The van der Waals surface area contributed by atoms with Crippen LogP contribution in [0.25, 0.3) is 0 Å². The van der Waals surface area contributed by atoms with Gasteiger partial charge in [0.1, 0.15) is 5.76 Å². The lowest BCUT2D eigenvalue weighted by Crippen LogP contribution is -2.32. The van der Waals surface area contributed by atoms with Crippen molar-refractivity contribution in [1.29, 1.82) is 0 Å². The first-order valence-electron chi connectivity index (χ1n) is 8.98. The van der Waals surface area contributed by atoms with Crippen LogP contribution in [0.4, 0.5) is 5.13 Å². The number of hydrogen-bond donors (Lipinski definition) is 1. The van der Waals surface area contributed by atoms with Gasteiger partial charge in [-0.15, -0.1) is 10.2 Å². The molecule has 6 nitrogen and oxygen atoms in total. The molecule has 3 rings (SSSR count). The van der Waals surface area contributed by atoms with Gasteiger partial charge in [0.05, 0.1) is 18.6 Å². The molecule has 1 N–H and O–H groups in total. The summed E-state index contributed by atoms with van der Waals surface area (Å²) in [7, 11) is 0. The van der Waals surface area contributed by atoms with Gasteiger partial charge in [0, 0.05) is 12.2 Å². The number of nitrogens with one attached hydrogen (secondary N) is 1. The number of carbonyl (C=O) groups is 1. The fourth-order valence-electron chi connectivity index (χ4n) is 2.75. The van der Waals surface area contributed by atoms with E-state index in [-0.39, 0.29) is 5.91 Å². The lowest BCUT2D eigenvalue weighted by atomic mass is 10.0. The monoisotopic (exact) mass is 392 g/mol. The molecule has 0 aliphatic heterocycles. The first-order valence-corrected chi connectivity index (χ1v) is 10.8. The number of nitrogens with zero attached hydrogens (tertiary/aromatic N) is 3. The van der Waals surface area contributed by atoms with Crippen molar-refractivity contribution < 1.29 is 9.21 Å². The topological polar surface area (TPSA) is 71.3 Å². The fourth-order valence-corrected chi connectivity index (χ4v) is 4.40. The second-order valence-electron chi connectivity index (χ2n) is 6.09. The molecule has 0 radical (unpaired) electrons. The Morgan fingerprint density at radius 2 is 2.35 bits per heavy atom. The summed E-state index contributed by atoms with van der Waals surface area (Å²) < 4.78 is 6.26. The maximum absolute atomic E-state index is 12.9. The van der Waals surface area contributed by atoms with Crippen LogP contribution < -0.4 is 5.32 Å². The van der Waals surface area contributed by atoms with E-state index in [1.54, 1.807) is 6.26 Å². The molecule has 1 aliphatic carbocycles. The summed E-state index contributed by atoms with van der Waals surface area (Å²) in [5.41, 5.74) is 1.11. The fraction of sp³-hybridized carbons (Fsp3) is 0.500. The van der Waals surface area contributed by atoms with E-state index in [1.807, 2.05) is 17.0 Å². The van der Waals surface area contributed by atoms with Gasteiger partial charge in [0.2, 0.25) is 11.0 Å². The Labute approximate surface area is 162 Å². The van der Waals surface area contributed by atoms with Crippen molar-refractivity contribution in [3.05, 3.63) is 35.9 Å². The number of allylic oxidation sites excluding steroid dienone is 2. The first kappa shape index (κ1) is 19.0. The summed E-state index contributed by atoms with van der Waals surface area (Å²) in [5.74, 6) is 1.23. The maximum Gasteiger partial charge on any atom is 0.237 e. The summed E-state index contributed by atoms with van der Waals surface area (Å²) in [4.78, 5) is 14.7. The van der Waals surface area contributed by atoms with Crippen molar-refractivity contribution in [3.8, 4) is 0 Å². The molecule has 2 aromatic heterocycles. The number of aromatic nitrogens is 2. The number of amides is 1. The van der Waals surface area contributed by atoms with E-state index in [0.29, 0.717) is 12.3 Å². The lowest BCUT2D eigenvalue weighted by molar-refractivity contribution is -0.127. The molecule has 1 aliphatic rings. The van der Waals surface area contributed by atoms with E-state index in [2.05, 4.69) is 28.5 Å². The zero-order valence-electron chi connectivity index (χ0n) is 14.9. The molecule has 0 bridgehead atoms. The smallest absolute Gasteiger partial charge is 0.237 e. The average Bonchev–Trinajstić information content (AvgIpc) is 3.35. The van der Waals surface area contributed by atoms with Gasteiger partial charge in [-0.2, -0.15) is 0 Å². The third-order valence-corrected chi connectivity index (χ3v) is 6.06. The van der Waals surface area contributed by atoms with Crippen LogP contribution in [0, 0.1) is 0 Å². The predicted molar refractivity (Wildman–Crippen MR) is 105 cm³/mol. The zero-order chi connectivity index (χ0) is 18.2. The Kier molecular flexibility index (Phi) is 7.13. The lowest BCUT2D eigenvalue weighted by Gasteiger charge is -2.26. The van der Waals surface area contributed by atoms with Gasteiger partial charge in [-0.25, -0.2) is 0 Å². The molecule has 0 saturated heterocycles. The normalized spacial score (nSPS) is 14.1. The van der Waals surface area contributed by atoms with Crippen LogP contribution in [0.15, 0.2) is 38.9 Å². The Balaban J connectivity index is 1.61. The van der Waals surface area contributed by atoms with Gasteiger partial charge < -0.3 is 14.6 Å². The molecule has 26 heavy (non-hydrogen) atoms. The summed E-state index contributed by atoms with van der Waals surface area (Å²) in [6.45, 7) is 3.47. The molecular weight excluding hydrogens is 368 g/mol.